The van der Waals surface area contributed by atoms with Gasteiger partial charge in [-0.15, -0.1) is 0 Å². The lowest BCUT2D eigenvalue weighted by molar-refractivity contribution is 0.330. The maximum atomic E-state index is 3.76. The second-order valence-corrected chi connectivity index (χ2v) is 7.73. The van der Waals surface area contributed by atoms with Crippen molar-refractivity contribution in [3.05, 3.63) is 34.9 Å². The van der Waals surface area contributed by atoms with Crippen molar-refractivity contribution >= 4 is 7.28 Å². The normalized spacial score (nSPS) is 15.6. The highest BCUT2D eigenvalue weighted by Crippen LogP contribution is 2.27. The van der Waals surface area contributed by atoms with Gasteiger partial charge < -0.3 is 5.32 Å². The molecule has 2 heteroatoms. The lowest BCUT2D eigenvalue weighted by Gasteiger charge is -2.21. The van der Waals surface area contributed by atoms with Crippen molar-refractivity contribution in [1.29, 1.82) is 0 Å². The van der Waals surface area contributed by atoms with E-state index in [1.165, 1.54) is 84.4 Å². The fourth-order valence-corrected chi connectivity index (χ4v) is 4.22. The van der Waals surface area contributed by atoms with Crippen LogP contribution in [-0.2, 0) is 19.4 Å². The maximum Gasteiger partial charge on any atom is 0.117 e. The fraction of sp³-hybridized carbons (Fsp3) is 0.727. The van der Waals surface area contributed by atoms with Gasteiger partial charge in [0.1, 0.15) is 7.28 Å². The third-order valence-corrected chi connectivity index (χ3v) is 5.68. The van der Waals surface area contributed by atoms with E-state index in [1.54, 1.807) is 16.7 Å². The first kappa shape index (κ1) is 19.6. The van der Waals surface area contributed by atoms with Gasteiger partial charge in [-0.25, -0.2) is 0 Å². The first-order valence-corrected chi connectivity index (χ1v) is 10.7. The summed E-state index contributed by atoms with van der Waals surface area (Å²) in [5.41, 5.74) is 4.76. The van der Waals surface area contributed by atoms with Gasteiger partial charge in [0, 0.05) is 6.54 Å². The molecule has 0 radical (unpaired) electrons. The summed E-state index contributed by atoms with van der Waals surface area (Å²) in [5.74, 6) is 1.02. The van der Waals surface area contributed by atoms with Crippen LogP contribution in [0.5, 0.6) is 0 Å². The van der Waals surface area contributed by atoms with E-state index in [0.717, 1.165) is 12.5 Å². The molecule has 1 nitrogen and oxygen atoms in total. The van der Waals surface area contributed by atoms with Crippen molar-refractivity contribution in [3.8, 4) is 0 Å². The summed E-state index contributed by atoms with van der Waals surface area (Å²) in [7, 11) is 1.28. The Morgan fingerprint density at radius 2 is 1.83 bits per heavy atom. The molecule has 0 spiro atoms. The van der Waals surface area contributed by atoms with E-state index in [0.29, 0.717) is 0 Å². The molecule has 2 rings (SSSR count). The number of nitrogens with one attached hydrogen (secondary N) is 1. The van der Waals surface area contributed by atoms with Crippen LogP contribution in [0.25, 0.3) is 0 Å². The van der Waals surface area contributed by atoms with Gasteiger partial charge in [0.05, 0.1) is 0 Å². The van der Waals surface area contributed by atoms with Crippen molar-refractivity contribution in [2.24, 2.45) is 5.92 Å². The predicted octanol–water partition coefficient (Wildman–Crippen LogP) is 5.53. The zero-order valence-corrected chi connectivity index (χ0v) is 16.2. The second kappa shape index (κ2) is 11.7. The van der Waals surface area contributed by atoms with E-state index in [9.17, 15) is 0 Å². The van der Waals surface area contributed by atoms with Gasteiger partial charge in [0.2, 0.25) is 0 Å². The molecule has 0 bridgehead atoms. The van der Waals surface area contributed by atoms with Gasteiger partial charge >= 0.3 is 0 Å². The largest absolute Gasteiger partial charge is 0.313 e. The summed E-state index contributed by atoms with van der Waals surface area (Å²) in [4.78, 5) is 0. The van der Waals surface area contributed by atoms with Crippen LogP contribution in [-0.4, -0.2) is 13.8 Å². The predicted molar refractivity (Wildman–Crippen MR) is 109 cm³/mol. The number of hydrogen-bond donors (Lipinski definition) is 1. The lowest BCUT2D eigenvalue weighted by atomic mass is 9.75. The molecule has 1 aromatic carbocycles. The molecule has 1 N–H and O–H groups in total. The summed E-state index contributed by atoms with van der Waals surface area (Å²) in [6.45, 7) is 6.84. The molecule has 0 heterocycles. The van der Waals surface area contributed by atoms with Crippen molar-refractivity contribution in [2.75, 3.05) is 6.54 Å². The van der Waals surface area contributed by atoms with Crippen LogP contribution in [0.15, 0.2) is 18.2 Å². The SMILES string of the molecule is CBCCc1cccc(CCC)c1CNCCCC1CCCCC1. The minimum absolute atomic E-state index is 1.02. The molecule has 1 fully saturated rings. The third kappa shape index (κ3) is 6.63. The molecule has 134 valence electrons. The van der Waals surface area contributed by atoms with E-state index in [1.807, 2.05) is 0 Å². The van der Waals surface area contributed by atoms with Gasteiger partial charge in [0.15, 0.2) is 0 Å². The van der Waals surface area contributed by atoms with Crippen molar-refractivity contribution < 1.29 is 0 Å². The summed E-state index contributed by atoms with van der Waals surface area (Å²) in [5, 5.41) is 3.76. The molecule has 0 saturated heterocycles. The van der Waals surface area contributed by atoms with Gasteiger partial charge in [-0.05, 0) is 54.8 Å². The molecule has 1 saturated carbocycles. The Labute approximate surface area is 151 Å². The maximum absolute atomic E-state index is 3.76. The lowest BCUT2D eigenvalue weighted by Crippen LogP contribution is -2.18. The number of aryl methyl sites for hydroxylation is 2. The molecular weight excluding hydrogens is 289 g/mol. The fourth-order valence-electron chi connectivity index (χ4n) is 4.22. The van der Waals surface area contributed by atoms with Gasteiger partial charge in [-0.3, -0.25) is 0 Å². The minimum Gasteiger partial charge on any atom is -0.313 e. The highest BCUT2D eigenvalue weighted by atomic mass is 14.8. The molecule has 0 aliphatic heterocycles. The Bertz CT molecular complexity index is 451. The zero-order valence-electron chi connectivity index (χ0n) is 16.2. The van der Waals surface area contributed by atoms with Crippen molar-refractivity contribution in [1.82, 2.24) is 5.32 Å². The topological polar surface area (TPSA) is 12.0 Å². The molecular formula is C22H38BN. The Kier molecular flexibility index (Phi) is 9.57. The molecule has 1 aliphatic carbocycles. The number of hydrogen-bond acceptors (Lipinski definition) is 1. The van der Waals surface area contributed by atoms with Crippen LogP contribution in [0, 0.1) is 5.92 Å². The van der Waals surface area contributed by atoms with Crippen molar-refractivity contribution in [3.63, 3.8) is 0 Å². The molecule has 0 atom stereocenters. The molecule has 0 amide bonds. The molecule has 0 unspecified atom stereocenters. The first-order valence-electron chi connectivity index (χ1n) is 10.7. The van der Waals surface area contributed by atoms with Crippen LogP contribution >= 0.6 is 0 Å². The molecule has 0 aromatic heterocycles. The van der Waals surface area contributed by atoms with Crippen molar-refractivity contribution in [2.45, 2.75) is 90.8 Å². The van der Waals surface area contributed by atoms with Crippen LogP contribution in [0.1, 0.15) is 75.0 Å². The smallest absolute Gasteiger partial charge is 0.117 e. The quantitative estimate of drug-likeness (QED) is 0.416. The first-order chi connectivity index (χ1) is 11.8. The average Bonchev–Trinajstić information content (AvgIpc) is 2.62. The highest BCUT2D eigenvalue weighted by molar-refractivity contribution is 6.33. The number of rotatable bonds is 11. The van der Waals surface area contributed by atoms with Crippen LogP contribution < -0.4 is 5.32 Å². The second-order valence-electron chi connectivity index (χ2n) is 7.73. The third-order valence-electron chi connectivity index (χ3n) is 5.68. The van der Waals surface area contributed by atoms with E-state index >= 15 is 0 Å². The summed E-state index contributed by atoms with van der Waals surface area (Å²) < 4.78 is 0. The van der Waals surface area contributed by atoms with Gasteiger partial charge in [-0.2, -0.15) is 0 Å². The van der Waals surface area contributed by atoms with Gasteiger partial charge in [0.25, 0.3) is 0 Å². The molecule has 1 aromatic rings. The average molecular weight is 327 g/mol. The van der Waals surface area contributed by atoms with E-state index in [2.05, 4.69) is 37.3 Å². The molecule has 24 heavy (non-hydrogen) atoms. The van der Waals surface area contributed by atoms with Gasteiger partial charge in [-0.1, -0.05) is 76.8 Å². The minimum atomic E-state index is 1.02. The Balaban J connectivity index is 1.80. The Morgan fingerprint density at radius 3 is 2.54 bits per heavy atom. The number of benzene rings is 1. The Morgan fingerprint density at radius 1 is 1.08 bits per heavy atom. The standard InChI is InChI=1S/C22H38BN/c1-3-9-20-13-7-14-21(15-16-23-2)22(20)18-24-17-8-12-19-10-5-4-6-11-19/h7,13-14,19,23-24H,3-6,8-12,15-18H2,1-2H3. The van der Waals surface area contributed by atoms with E-state index in [-0.39, 0.29) is 0 Å². The monoisotopic (exact) mass is 327 g/mol. The van der Waals surface area contributed by atoms with Crippen LogP contribution in [0.3, 0.4) is 0 Å². The molecule has 1 aliphatic rings. The Hall–Kier alpha value is -0.755. The zero-order chi connectivity index (χ0) is 17.0. The van der Waals surface area contributed by atoms with E-state index < -0.39 is 0 Å². The summed E-state index contributed by atoms with van der Waals surface area (Å²) in [6.07, 6.45) is 15.2. The summed E-state index contributed by atoms with van der Waals surface area (Å²) in [6, 6.07) is 6.97. The van der Waals surface area contributed by atoms with Crippen LogP contribution in [0.2, 0.25) is 13.1 Å². The highest BCUT2D eigenvalue weighted by Gasteiger charge is 2.12. The van der Waals surface area contributed by atoms with Crippen LogP contribution in [0.4, 0.5) is 0 Å². The summed E-state index contributed by atoms with van der Waals surface area (Å²) >= 11 is 0. The van der Waals surface area contributed by atoms with E-state index in [4.69, 9.17) is 0 Å².